The Morgan fingerprint density at radius 3 is 2.41 bits per heavy atom. The molecule has 0 aliphatic heterocycles. The van der Waals surface area contributed by atoms with Gasteiger partial charge in [0.05, 0.1) is 6.61 Å². The van der Waals surface area contributed by atoms with Gasteiger partial charge < -0.3 is 21.7 Å². The molecule has 1 aromatic rings. The van der Waals surface area contributed by atoms with Gasteiger partial charge in [-0.05, 0) is 6.42 Å². The predicted octanol–water partition coefficient (Wildman–Crippen LogP) is 0.849. The van der Waals surface area contributed by atoms with Crippen molar-refractivity contribution >= 4 is 23.1 Å². The molecule has 0 radical (unpaired) electrons. The van der Waals surface area contributed by atoms with Crippen LogP contribution in [0.3, 0.4) is 0 Å². The number of para-hydroxylation sites is 1. The number of hydrogen-bond acceptors (Lipinski definition) is 1. The van der Waals surface area contributed by atoms with Gasteiger partial charge in [0.15, 0.2) is 0 Å². The minimum absolute atomic E-state index is 0. The SMILES string of the molecule is CCCCCCCCOc1[c-]cccc1.[Br-].[Mg+2]. The number of halogens is 1. The van der Waals surface area contributed by atoms with Gasteiger partial charge in [-0.25, -0.2) is 0 Å². The van der Waals surface area contributed by atoms with Crippen LogP contribution in [0.1, 0.15) is 45.4 Å². The molecule has 0 unspecified atom stereocenters. The molecule has 0 saturated heterocycles. The first-order chi connectivity index (χ1) is 7.43. The minimum atomic E-state index is 0. The van der Waals surface area contributed by atoms with Crippen molar-refractivity contribution in [2.75, 3.05) is 6.61 Å². The van der Waals surface area contributed by atoms with Crippen LogP contribution in [-0.2, 0) is 0 Å². The van der Waals surface area contributed by atoms with Gasteiger partial charge >= 0.3 is 23.1 Å². The Kier molecular flexibility index (Phi) is 16.5. The second-order valence-electron chi connectivity index (χ2n) is 3.84. The Labute approximate surface area is 132 Å². The average molecular weight is 310 g/mol. The van der Waals surface area contributed by atoms with Crippen molar-refractivity contribution < 1.29 is 21.7 Å². The molecule has 0 aliphatic rings. The maximum absolute atomic E-state index is 5.56. The fourth-order valence-corrected chi connectivity index (χ4v) is 1.53. The second-order valence-corrected chi connectivity index (χ2v) is 3.84. The molecule has 0 saturated carbocycles. The van der Waals surface area contributed by atoms with E-state index in [9.17, 15) is 0 Å². The Balaban J connectivity index is 0. The van der Waals surface area contributed by atoms with Crippen molar-refractivity contribution in [3.05, 3.63) is 30.3 Å². The van der Waals surface area contributed by atoms with Gasteiger partial charge in [0.1, 0.15) is 0 Å². The standard InChI is InChI=1S/C14H21O.BrH.Mg/c1-2-3-4-5-6-10-13-15-14-11-8-7-9-12-14;;/h7-9,11H,2-6,10,13H2,1H3;1H;/q-1;;+2/p-1. The normalized spacial score (nSPS) is 9.00. The molecule has 0 bridgehead atoms. The van der Waals surface area contributed by atoms with E-state index in [4.69, 9.17) is 4.74 Å². The average Bonchev–Trinajstić information content (AvgIpc) is 2.29. The quantitative estimate of drug-likeness (QED) is 0.393. The summed E-state index contributed by atoms with van der Waals surface area (Å²) in [5.74, 6) is 0.867. The summed E-state index contributed by atoms with van der Waals surface area (Å²) in [5, 5.41) is 0. The first-order valence-corrected chi connectivity index (χ1v) is 6.03. The topological polar surface area (TPSA) is 9.23 Å². The molecule has 0 atom stereocenters. The van der Waals surface area contributed by atoms with Gasteiger partial charge in [-0.2, -0.15) is 18.2 Å². The molecule has 0 aromatic heterocycles. The molecule has 0 amide bonds. The van der Waals surface area contributed by atoms with Crippen LogP contribution in [0.2, 0.25) is 0 Å². The summed E-state index contributed by atoms with van der Waals surface area (Å²) in [4.78, 5) is 0. The number of unbranched alkanes of at least 4 members (excludes halogenated alkanes) is 5. The van der Waals surface area contributed by atoms with Gasteiger partial charge in [-0.1, -0.05) is 39.0 Å². The molecule has 0 fully saturated rings. The van der Waals surface area contributed by atoms with E-state index >= 15 is 0 Å². The first kappa shape index (κ1) is 19.6. The van der Waals surface area contributed by atoms with Gasteiger partial charge in [-0.3, -0.25) is 0 Å². The summed E-state index contributed by atoms with van der Waals surface area (Å²) < 4.78 is 5.56. The van der Waals surface area contributed by atoms with Crippen LogP contribution in [0.5, 0.6) is 5.75 Å². The zero-order valence-electron chi connectivity index (χ0n) is 10.8. The summed E-state index contributed by atoms with van der Waals surface area (Å²) in [6.07, 6.45) is 7.84. The van der Waals surface area contributed by atoms with Crippen molar-refractivity contribution in [2.45, 2.75) is 45.4 Å². The van der Waals surface area contributed by atoms with Crippen LogP contribution in [0.4, 0.5) is 0 Å². The van der Waals surface area contributed by atoms with Crippen molar-refractivity contribution in [3.8, 4) is 5.75 Å². The first-order valence-electron chi connectivity index (χ1n) is 6.03. The molecule has 3 heteroatoms. The molecule has 1 aromatic carbocycles. The summed E-state index contributed by atoms with van der Waals surface area (Å²) in [5.41, 5.74) is 0. The zero-order chi connectivity index (χ0) is 10.8. The van der Waals surface area contributed by atoms with Crippen LogP contribution in [-0.4, -0.2) is 29.7 Å². The largest absolute Gasteiger partial charge is 2.00 e. The fourth-order valence-electron chi connectivity index (χ4n) is 1.53. The summed E-state index contributed by atoms with van der Waals surface area (Å²) >= 11 is 0. The third-order valence-electron chi connectivity index (χ3n) is 2.44. The van der Waals surface area contributed by atoms with Crippen molar-refractivity contribution in [3.63, 3.8) is 0 Å². The number of hydrogen-bond donors (Lipinski definition) is 0. The molecule has 1 nitrogen and oxygen atoms in total. The predicted molar refractivity (Wildman–Crippen MR) is 69.9 cm³/mol. The summed E-state index contributed by atoms with van der Waals surface area (Å²) in [6.45, 7) is 3.07. The van der Waals surface area contributed by atoms with Crippen LogP contribution in [0.25, 0.3) is 0 Å². The number of benzene rings is 1. The molecule has 0 N–H and O–H groups in total. The number of rotatable bonds is 8. The van der Waals surface area contributed by atoms with Crippen LogP contribution in [0.15, 0.2) is 24.3 Å². The van der Waals surface area contributed by atoms with E-state index in [1.165, 1.54) is 32.1 Å². The van der Waals surface area contributed by atoms with Gasteiger partial charge in [0.2, 0.25) is 0 Å². The Bertz CT molecular complexity index is 241. The van der Waals surface area contributed by atoms with Crippen LogP contribution >= 0.6 is 0 Å². The molecule has 1 rings (SSSR count). The second kappa shape index (κ2) is 14.3. The molecular formula is C14H21BrMgO. The van der Waals surface area contributed by atoms with E-state index in [0.29, 0.717) is 0 Å². The zero-order valence-corrected chi connectivity index (χ0v) is 13.8. The van der Waals surface area contributed by atoms with E-state index in [-0.39, 0.29) is 40.0 Å². The Hall–Kier alpha value is 0.266. The van der Waals surface area contributed by atoms with E-state index in [1.807, 2.05) is 24.3 Å². The van der Waals surface area contributed by atoms with Crippen molar-refractivity contribution in [1.29, 1.82) is 0 Å². The van der Waals surface area contributed by atoms with Crippen LogP contribution < -0.4 is 21.7 Å². The number of ether oxygens (including phenoxy) is 1. The van der Waals surface area contributed by atoms with E-state index in [1.54, 1.807) is 0 Å². The van der Waals surface area contributed by atoms with Crippen molar-refractivity contribution in [1.82, 2.24) is 0 Å². The minimum Gasteiger partial charge on any atom is -1.00 e. The summed E-state index contributed by atoms with van der Waals surface area (Å²) in [7, 11) is 0. The molecule has 92 valence electrons. The van der Waals surface area contributed by atoms with Gasteiger partial charge in [0.25, 0.3) is 0 Å². The Morgan fingerprint density at radius 1 is 1.06 bits per heavy atom. The van der Waals surface area contributed by atoms with E-state index < -0.39 is 0 Å². The van der Waals surface area contributed by atoms with Gasteiger partial charge in [-0.15, -0.1) is 12.1 Å². The third kappa shape index (κ3) is 11.1. The third-order valence-corrected chi connectivity index (χ3v) is 2.44. The smallest absolute Gasteiger partial charge is 1.00 e. The monoisotopic (exact) mass is 308 g/mol. The van der Waals surface area contributed by atoms with E-state index in [0.717, 1.165) is 18.8 Å². The maximum atomic E-state index is 5.56. The molecule has 0 spiro atoms. The molecule has 0 aliphatic carbocycles. The molecule has 0 heterocycles. The Morgan fingerprint density at radius 2 is 1.76 bits per heavy atom. The molecule has 17 heavy (non-hydrogen) atoms. The summed E-state index contributed by atoms with van der Waals surface area (Å²) in [6, 6.07) is 10.8. The van der Waals surface area contributed by atoms with Gasteiger partial charge in [0, 0.05) is 5.75 Å². The fraction of sp³-hybridized carbons (Fsp3) is 0.571. The maximum Gasteiger partial charge on any atom is 2.00 e. The van der Waals surface area contributed by atoms with E-state index in [2.05, 4.69) is 13.0 Å². The van der Waals surface area contributed by atoms with Crippen molar-refractivity contribution in [2.24, 2.45) is 0 Å². The van der Waals surface area contributed by atoms with Crippen LogP contribution in [0, 0.1) is 6.07 Å². The molecular weight excluding hydrogens is 288 g/mol.